The molecule has 3 N–H and O–H groups in total. The van der Waals surface area contributed by atoms with Gasteiger partial charge in [-0.2, -0.15) is 0 Å². The Kier molecular flexibility index (Phi) is 53.6. The lowest BCUT2D eigenvalue weighted by atomic mass is 9.98. The summed E-state index contributed by atoms with van der Waals surface area (Å²) in [7, 11) is 0. The molecule has 0 aromatic heterocycles. The molecule has 12 nitrogen and oxygen atoms in total. The van der Waals surface area contributed by atoms with Gasteiger partial charge in [0.1, 0.15) is 18.8 Å². The summed E-state index contributed by atoms with van der Waals surface area (Å²) in [5.74, 6) is -3.15. The molecule has 1 rings (SSSR count). The van der Waals surface area contributed by atoms with Gasteiger partial charge in [0.05, 0.1) is 6.61 Å². The number of carboxylic acids is 1. The largest absolute Gasteiger partial charge is 0.479 e. The number of unbranched alkanes of at least 4 members (excludes halogenated alkanes) is 26. The van der Waals surface area contributed by atoms with E-state index in [9.17, 15) is 34.5 Å². The second-order valence-electron chi connectivity index (χ2n) is 22.4. The van der Waals surface area contributed by atoms with Crippen LogP contribution in [0.5, 0.6) is 0 Å². The predicted molar refractivity (Wildman–Crippen MR) is 340 cm³/mol. The van der Waals surface area contributed by atoms with Gasteiger partial charge in [0.25, 0.3) is 0 Å². The van der Waals surface area contributed by atoms with Crippen LogP contribution >= 0.6 is 0 Å². The van der Waals surface area contributed by atoms with Crippen LogP contribution in [0.2, 0.25) is 0 Å². The molecule has 0 aromatic carbocycles. The third kappa shape index (κ3) is 47.6. The number of ether oxygens (including phenoxy) is 5. The van der Waals surface area contributed by atoms with Gasteiger partial charge in [-0.15, -0.1) is 0 Å². The van der Waals surface area contributed by atoms with Gasteiger partial charge >= 0.3 is 23.9 Å². The van der Waals surface area contributed by atoms with Crippen molar-refractivity contribution in [2.45, 2.75) is 314 Å². The second kappa shape index (κ2) is 58.0. The average Bonchev–Trinajstić information content (AvgIpc) is 3.59. The molecule has 0 radical (unpaired) electrons. The van der Waals surface area contributed by atoms with E-state index in [1.807, 2.05) is 0 Å². The summed E-state index contributed by atoms with van der Waals surface area (Å²) < 4.78 is 28.5. The lowest BCUT2D eigenvalue weighted by Gasteiger charge is -2.40. The SMILES string of the molecule is CC/C=C\C/C=C\C/C=C\CCCCCCCCCC(=O)OC(COC(=O)CCCCCCCC/C=C\C/C=C\C/C=C\CCCCC)COC1OC(C(=O)O)C(O)C(O)C1OC(=O)CCCCCCCCC/C=C\C/C=C\CCCCC. The molecule has 12 heteroatoms. The third-order valence-corrected chi connectivity index (χ3v) is 14.6. The first kappa shape index (κ1) is 76.7. The maximum atomic E-state index is 13.2. The zero-order valence-corrected chi connectivity index (χ0v) is 52.4. The van der Waals surface area contributed by atoms with Gasteiger partial charge in [-0.3, -0.25) is 14.4 Å². The number of carbonyl (C=O) groups excluding carboxylic acids is 3. The molecule has 0 aromatic rings. The zero-order chi connectivity index (χ0) is 60.3. The lowest BCUT2D eigenvalue weighted by molar-refractivity contribution is -0.301. The van der Waals surface area contributed by atoms with Crippen LogP contribution < -0.4 is 0 Å². The lowest BCUT2D eigenvalue weighted by Crippen LogP contribution is -2.61. The fourth-order valence-electron chi connectivity index (χ4n) is 9.54. The molecule has 0 saturated carbocycles. The maximum absolute atomic E-state index is 13.2. The first-order valence-electron chi connectivity index (χ1n) is 33.2. The Morgan fingerprint density at radius 3 is 1.16 bits per heavy atom. The van der Waals surface area contributed by atoms with Crippen molar-refractivity contribution in [1.29, 1.82) is 0 Å². The summed E-state index contributed by atoms with van der Waals surface area (Å²) in [6.45, 7) is 5.83. The molecule has 474 valence electrons. The van der Waals surface area contributed by atoms with Crippen molar-refractivity contribution in [3.8, 4) is 0 Å². The molecular weight excluding hydrogens is 1040 g/mol. The van der Waals surface area contributed by atoms with Gasteiger partial charge in [-0.05, 0) is 122 Å². The van der Waals surface area contributed by atoms with Crippen LogP contribution in [0.4, 0.5) is 0 Å². The molecule has 1 fully saturated rings. The molecule has 1 aliphatic heterocycles. The summed E-state index contributed by atoms with van der Waals surface area (Å²) >= 11 is 0. The Labute approximate surface area is 504 Å². The zero-order valence-electron chi connectivity index (χ0n) is 52.4. The molecule has 0 amide bonds. The standard InChI is InChI=1S/C71H118O12/c1-4-7-10-13-16-19-22-25-28-31-32-35-36-39-42-45-48-51-54-57-63(72)79-60-62(81-64(73)58-55-52-49-46-43-40-37-33-29-26-23-20-17-14-11-8-5-2)61-80-71-69(67(76)66(75)68(83-71)70(77)78)82-65(74)59-56-53-50-47-44-41-38-34-30-27-24-21-18-15-12-9-6-3/h8,11,16-21,25-30,32,35,62,66-69,71,75-76H,4-7,9-10,12-15,22-24,31,33-34,36-61H2,1-3H3,(H,77,78)/b11-8-,19-16-,20-17-,21-18-,28-25-,29-26-,30-27-,35-32-. The van der Waals surface area contributed by atoms with Crippen LogP contribution in [-0.2, 0) is 42.9 Å². The molecule has 0 aliphatic carbocycles. The molecule has 1 aliphatic rings. The van der Waals surface area contributed by atoms with Crippen LogP contribution in [0.1, 0.15) is 278 Å². The van der Waals surface area contributed by atoms with E-state index in [-0.39, 0.29) is 25.9 Å². The normalized spacial score (nSPS) is 18.2. The van der Waals surface area contributed by atoms with Gasteiger partial charge in [0.15, 0.2) is 24.6 Å². The summed E-state index contributed by atoms with van der Waals surface area (Å²) in [4.78, 5) is 51.4. The monoisotopic (exact) mass is 1160 g/mol. The number of hydrogen-bond donors (Lipinski definition) is 3. The van der Waals surface area contributed by atoms with Crippen molar-refractivity contribution in [3.05, 3.63) is 97.2 Å². The number of carboxylic acid groups (broad SMARTS) is 1. The van der Waals surface area contributed by atoms with Gasteiger partial charge in [-0.1, -0.05) is 234 Å². The van der Waals surface area contributed by atoms with Crippen molar-refractivity contribution in [3.63, 3.8) is 0 Å². The molecule has 1 saturated heterocycles. The smallest absolute Gasteiger partial charge is 0.335 e. The van der Waals surface area contributed by atoms with Gasteiger partial charge in [0.2, 0.25) is 0 Å². The first-order chi connectivity index (χ1) is 40.6. The Bertz CT molecular complexity index is 1810. The number of aliphatic hydroxyl groups is 2. The summed E-state index contributed by atoms with van der Waals surface area (Å²) in [6, 6.07) is 0. The summed E-state index contributed by atoms with van der Waals surface area (Å²) in [5, 5.41) is 31.6. The van der Waals surface area contributed by atoms with E-state index >= 15 is 0 Å². The van der Waals surface area contributed by atoms with Gasteiger partial charge in [-0.25, -0.2) is 4.79 Å². The van der Waals surface area contributed by atoms with Gasteiger partial charge < -0.3 is 39.0 Å². The van der Waals surface area contributed by atoms with E-state index < -0.39 is 67.3 Å². The second-order valence-corrected chi connectivity index (χ2v) is 22.4. The van der Waals surface area contributed by atoms with Gasteiger partial charge in [0, 0.05) is 19.3 Å². The number of carbonyl (C=O) groups is 4. The number of aliphatic carboxylic acids is 1. The van der Waals surface area contributed by atoms with Crippen molar-refractivity contribution in [1.82, 2.24) is 0 Å². The summed E-state index contributed by atoms with van der Waals surface area (Å²) in [5.41, 5.74) is 0. The molecule has 0 bridgehead atoms. The topological polar surface area (TPSA) is 175 Å². The Morgan fingerprint density at radius 1 is 0.410 bits per heavy atom. The molecule has 6 unspecified atom stereocenters. The quantitative estimate of drug-likeness (QED) is 0.0228. The van der Waals surface area contributed by atoms with E-state index in [4.69, 9.17) is 23.7 Å². The number of hydrogen-bond acceptors (Lipinski definition) is 11. The van der Waals surface area contributed by atoms with E-state index in [1.165, 1.54) is 44.9 Å². The van der Waals surface area contributed by atoms with E-state index in [0.29, 0.717) is 19.3 Å². The highest BCUT2D eigenvalue weighted by atomic mass is 16.7. The third-order valence-electron chi connectivity index (χ3n) is 14.6. The van der Waals surface area contributed by atoms with E-state index in [1.54, 1.807) is 0 Å². The minimum atomic E-state index is -1.91. The van der Waals surface area contributed by atoms with Crippen molar-refractivity contribution >= 4 is 23.9 Å². The number of allylic oxidation sites excluding steroid dienone is 16. The Hall–Kier alpha value is -4.36. The Morgan fingerprint density at radius 2 is 0.759 bits per heavy atom. The Balaban J connectivity index is 2.68. The maximum Gasteiger partial charge on any atom is 0.335 e. The fourth-order valence-corrected chi connectivity index (χ4v) is 9.54. The molecule has 0 spiro atoms. The minimum Gasteiger partial charge on any atom is -0.479 e. The minimum absolute atomic E-state index is 0.0456. The van der Waals surface area contributed by atoms with Crippen LogP contribution in [0.25, 0.3) is 0 Å². The van der Waals surface area contributed by atoms with Crippen LogP contribution in [-0.4, -0.2) is 89.2 Å². The molecule has 83 heavy (non-hydrogen) atoms. The fraction of sp³-hybridized carbons (Fsp3) is 0.718. The highest BCUT2D eigenvalue weighted by Crippen LogP contribution is 2.27. The number of aliphatic hydroxyl groups excluding tert-OH is 2. The highest BCUT2D eigenvalue weighted by Gasteiger charge is 2.50. The molecule has 1 heterocycles. The number of esters is 3. The van der Waals surface area contributed by atoms with Crippen molar-refractivity contribution in [2.24, 2.45) is 0 Å². The average molecular weight is 1160 g/mol. The first-order valence-corrected chi connectivity index (χ1v) is 33.2. The number of rotatable bonds is 56. The van der Waals surface area contributed by atoms with E-state index in [0.717, 1.165) is 173 Å². The van der Waals surface area contributed by atoms with Crippen molar-refractivity contribution < 1.29 is 58.2 Å². The van der Waals surface area contributed by atoms with Crippen molar-refractivity contribution in [2.75, 3.05) is 13.2 Å². The van der Waals surface area contributed by atoms with Crippen LogP contribution in [0.3, 0.4) is 0 Å². The van der Waals surface area contributed by atoms with Crippen LogP contribution in [0, 0.1) is 0 Å². The highest BCUT2D eigenvalue weighted by molar-refractivity contribution is 5.74. The predicted octanol–water partition coefficient (Wildman–Crippen LogP) is 18.0. The summed E-state index contributed by atoms with van der Waals surface area (Å²) in [6.07, 6.45) is 64.9. The molecular formula is C71H118O12. The molecule has 6 atom stereocenters. The van der Waals surface area contributed by atoms with Crippen LogP contribution in [0.15, 0.2) is 97.2 Å². The van der Waals surface area contributed by atoms with E-state index in [2.05, 4.69) is 118 Å².